The molecule has 1 saturated heterocycles. The highest BCUT2D eigenvalue weighted by atomic mass is 16.5. The molecule has 3 atom stereocenters. The fraction of sp³-hybridized carbons (Fsp3) is 0.455. The average molecular weight is 276 g/mol. The van der Waals surface area contributed by atoms with E-state index in [4.69, 9.17) is 15.4 Å². The van der Waals surface area contributed by atoms with E-state index in [1.165, 1.54) is 6.20 Å². The summed E-state index contributed by atoms with van der Waals surface area (Å²) in [4.78, 5) is 10.8. The standard InChI is InChI=1S/C11H12N6O3/c12-16-15-11-10-6(1-2-13-11)17(5-14-10)9-3-7(19)8(4-18)20-9/h1-2,5,7-9,18-19H,3-4H2/t7-,8+,9+/m0/s1. The van der Waals surface area contributed by atoms with Gasteiger partial charge in [0.15, 0.2) is 5.82 Å². The van der Waals surface area contributed by atoms with Crippen molar-refractivity contribution in [1.29, 1.82) is 0 Å². The van der Waals surface area contributed by atoms with Crippen molar-refractivity contribution in [3.63, 3.8) is 0 Å². The van der Waals surface area contributed by atoms with Crippen LogP contribution in [0.15, 0.2) is 23.7 Å². The number of hydrogen-bond donors (Lipinski definition) is 2. The van der Waals surface area contributed by atoms with E-state index in [0.29, 0.717) is 17.5 Å². The molecule has 104 valence electrons. The van der Waals surface area contributed by atoms with Gasteiger partial charge in [0, 0.05) is 17.5 Å². The van der Waals surface area contributed by atoms with Crippen LogP contribution < -0.4 is 0 Å². The highest BCUT2D eigenvalue weighted by Gasteiger charge is 2.35. The number of aromatic nitrogens is 3. The van der Waals surface area contributed by atoms with E-state index in [9.17, 15) is 5.11 Å². The van der Waals surface area contributed by atoms with Crippen molar-refractivity contribution in [1.82, 2.24) is 14.5 Å². The first-order valence-electron chi connectivity index (χ1n) is 6.05. The second-order valence-corrected chi connectivity index (χ2v) is 4.46. The average Bonchev–Trinajstić information content (AvgIpc) is 3.03. The van der Waals surface area contributed by atoms with Crippen molar-refractivity contribution in [3.05, 3.63) is 29.0 Å². The Kier molecular flexibility index (Phi) is 3.25. The molecule has 0 saturated carbocycles. The van der Waals surface area contributed by atoms with Crippen LogP contribution in [0.5, 0.6) is 0 Å². The van der Waals surface area contributed by atoms with Crippen molar-refractivity contribution in [3.8, 4) is 0 Å². The zero-order valence-electron chi connectivity index (χ0n) is 10.4. The molecule has 0 aromatic carbocycles. The first kappa shape index (κ1) is 12.8. The van der Waals surface area contributed by atoms with Gasteiger partial charge in [-0.05, 0) is 16.7 Å². The van der Waals surface area contributed by atoms with Gasteiger partial charge in [0.25, 0.3) is 0 Å². The van der Waals surface area contributed by atoms with Crippen LogP contribution in [-0.2, 0) is 4.74 Å². The monoisotopic (exact) mass is 276 g/mol. The molecule has 0 spiro atoms. The summed E-state index contributed by atoms with van der Waals surface area (Å²) in [6, 6.07) is 1.72. The lowest BCUT2D eigenvalue weighted by atomic mass is 10.2. The van der Waals surface area contributed by atoms with Gasteiger partial charge in [0.05, 0.1) is 24.6 Å². The van der Waals surface area contributed by atoms with Crippen LogP contribution in [0.2, 0.25) is 0 Å². The molecule has 3 rings (SSSR count). The Bertz CT molecular complexity index is 680. The SMILES string of the molecule is [N-]=[N+]=Nc1nccc2c1ncn2[C@H]1C[C@H](O)[C@@H](CO)O1. The van der Waals surface area contributed by atoms with Gasteiger partial charge in [0.2, 0.25) is 0 Å². The Labute approximate surface area is 113 Å². The van der Waals surface area contributed by atoms with Crippen LogP contribution in [0.4, 0.5) is 5.82 Å². The third kappa shape index (κ3) is 1.98. The predicted molar refractivity (Wildman–Crippen MR) is 68.0 cm³/mol. The van der Waals surface area contributed by atoms with Crippen molar-refractivity contribution < 1.29 is 14.9 Å². The maximum absolute atomic E-state index is 9.77. The molecular formula is C11H12N6O3. The van der Waals surface area contributed by atoms with E-state index in [1.54, 1.807) is 17.0 Å². The molecule has 0 amide bonds. The lowest BCUT2D eigenvalue weighted by molar-refractivity contribution is -0.0430. The summed E-state index contributed by atoms with van der Waals surface area (Å²) >= 11 is 0. The molecule has 1 aliphatic rings. The number of pyridine rings is 1. The number of nitrogens with zero attached hydrogens (tertiary/aromatic N) is 6. The number of rotatable bonds is 3. The summed E-state index contributed by atoms with van der Waals surface area (Å²) in [5.74, 6) is 0.195. The summed E-state index contributed by atoms with van der Waals surface area (Å²) in [6.45, 7) is -0.240. The Balaban J connectivity index is 2.02. The molecule has 9 nitrogen and oxygen atoms in total. The molecule has 2 aromatic heterocycles. The van der Waals surface area contributed by atoms with Gasteiger partial charge in [0.1, 0.15) is 17.8 Å². The highest BCUT2D eigenvalue weighted by Crippen LogP contribution is 2.32. The maximum Gasteiger partial charge on any atom is 0.154 e. The van der Waals surface area contributed by atoms with Gasteiger partial charge >= 0.3 is 0 Å². The molecule has 0 aliphatic carbocycles. The number of fused-ring (bicyclic) bond motifs is 1. The van der Waals surface area contributed by atoms with Crippen LogP contribution in [-0.4, -0.2) is 43.6 Å². The van der Waals surface area contributed by atoms with E-state index in [2.05, 4.69) is 20.0 Å². The maximum atomic E-state index is 9.77. The second kappa shape index (κ2) is 5.06. The molecule has 3 heterocycles. The zero-order chi connectivity index (χ0) is 14.1. The van der Waals surface area contributed by atoms with Crippen molar-refractivity contribution in [2.24, 2.45) is 5.11 Å². The topological polar surface area (TPSA) is 129 Å². The minimum atomic E-state index is -0.721. The molecule has 0 radical (unpaired) electrons. The largest absolute Gasteiger partial charge is 0.394 e. The van der Waals surface area contributed by atoms with Crippen molar-refractivity contribution >= 4 is 16.9 Å². The zero-order valence-corrected chi connectivity index (χ0v) is 10.4. The summed E-state index contributed by atoms with van der Waals surface area (Å²) < 4.78 is 7.30. The van der Waals surface area contributed by atoms with Gasteiger partial charge in [-0.15, -0.1) is 0 Å². The van der Waals surface area contributed by atoms with Gasteiger partial charge < -0.3 is 19.5 Å². The first-order valence-corrected chi connectivity index (χ1v) is 6.05. The van der Waals surface area contributed by atoms with Crippen LogP contribution in [0.1, 0.15) is 12.6 Å². The third-order valence-corrected chi connectivity index (χ3v) is 3.31. The van der Waals surface area contributed by atoms with Crippen molar-refractivity contribution in [2.75, 3.05) is 6.61 Å². The molecule has 1 aliphatic heterocycles. The van der Waals surface area contributed by atoms with E-state index in [0.717, 1.165) is 0 Å². The van der Waals surface area contributed by atoms with E-state index >= 15 is 0 Å². The Hall–Kier alpha value is -2.19. The Morgan fingerprint density at radius 1 is 1.55 bits per heavy atom. The smallest absolute Gasteiger partial charge is 0.154 e. The van der Waals surface area contributed by atoms with Crippen LogP contribution in [0.25, 0.3) is 21.5 Å². The van der Waals surface area contributed by atoms with Gasteiger partial charge in [-0.3, -0.25) is 4.98 Å². The van der Waals surface area contributed by atoms with E-state index in [-0.39, 0.29) is 12.4 Å². The molecule has 20 heavy (non-hydrogen) atoms. The van der Waals surface area contributed by atoms with E-state index in [1.807, 2.05) is 0 Å². The number of imidazole rings is 1. The normalized spacial score (nSPS) is 25.8. The molecule has 0 unspecified atom stereocenters. The molecule has 1 fully saturated rings. The summed E-state index contributed by atoms with van der Waals surface area (Å²) in [6.07, 6.45) is 1.67. The molecule has 2 N–H and O–H groups in total. The van der Waals surface area contributed by atoms with Gasteiger partial charge in [-0.2, -0.15) is 0 Å². The van der Waals surface area contributed by atoms with Gasteiger partial charge in [-0.25, -0.2) is 4.98 Å². The fourth-order valence-corrected chi connectivity index (χ4v) is 2.34. The first-order chi connectivity index (χ1) is 9.74. The Morgan fingerprint density at radius 3 is 3.10 bits per heavy atom. The summed E-state index contributed by atoms with van der Waals surface area (Å²) in [7, 11) is 0. The molecular weight excluding hydrogens is 264 g/mol. The van der Waals surface area contributed by atoms with Crippen LogP contribution >= 0.6 is 0 Å². The lowest BCUT2D eigenvalue weighted by Gasteiger charge is -2.14. The summed E-state index contributed by atoms with van der Waals surface area (Å²) in [5.41, 5.74) is 9.66. The van der Waals surface area contributed by atoms with Crippen LogP contribution in [0.3, 0.4) is 0 Å². The Morgan fingerprint density at radius 2 is 2.40 bits per heavy atom. The number of aliphatic hydroxyl groups excluding tert-OH is 2. The lowest BCUT2D eigenvalue weighted by Crippen LogP contribution is -2.24. The number of aliphatic hydroxyl groups is 2. The molecule has 0 bridgehead atoms. The second-order valence-electron chi connectivity index (χ2n) is 4.46. The van der Waals surface area contributed by atoms with E-state index < -0.39 is 18.4 Å². The van der Waals surface area contributed by atoms with Gasteiger partial charge in [-0.1, -0.05) is 0 Å². The third-order valence-electron chi connectivity index (χ3n) is 3.31. The predicted octanol–water partition coefficient (Wildman–Crippen LogP) is 1.01. The minimum Gasteiger partial charge on any atom is -0.394 e. The number of hydrogen-bond acceptors (Lipinski definition) is 6. The van der Waals surface area contributed by atoms with Crippen molar-refractivity contribution in [2.45, 2.75) is 24.9 Å². The number of ether oxygens (including phenoxy) is 1. The fourth-order valence-electron chi connectivity index (χ4n) is 2.34. The highest BCUT2D eigenvalue weighted by molar-refractivity contribution is 5.84. The molecule has 2 aromatic rings. The van der Waals surface area contributed by atoms with Crippen LogP contribution in [0, 0.1) is 0 Å². The number of azide groups is 1. The molecule has 9 heteroatoms. The summed E-state index contributed by atoms with van der Waals surface area (Å²) in [5, 5.41) is 22.4. The minimum absolute atomic E-state index is 0.195. The quantitative estimate of drug-likeness (QED) is 0.491.